The van der Waals surface area contributed by atoms with Gasteiger partial charge >= 0.3 is 5.97 Å². The highest BCUT2D eigenvalue weighted by Gasteiger charge is 2.31. The number of carbonyl (C=O) groups is 3. The molecule has 2 amide bonds. The Morgan fingerprint density at radius 2 is 1.35 bits per heavy atom. The molecular formula is C16H31N3O4. The van der Waals surface area contributed by atoms with Crippen LogP contribution in [-0.4, -0.2) is 41.0 Å². The van der Waals surface area contributed by atoms with Gasteiger partial charge in [0.1, 0.15) is 12.1 Å². The van der Waals surface area contributed by atoms with Crippen LogP contribution in [0, 0.1) is 17.8 Å². The number of rotatable bonds is 9. The third-order valence-electron chi connectivity index (χ3n) is 4.04. The molecule has 134 valence electrons. The Hall–Kier alpha value is -1.63. The highest BCUT2D eigenvalue weighted by molar-refractivity contribution is 5.92. The van der Waals surface area contributed by atoms with Gasteiger partial charge in [-0.25, -0.2) is 4.79 Å². The molecular weight excluding hydrogens is 298 g/mol. The lowest BCUT2D eigenvalue weighted by Gasteiger charge is -2.27. The molecule has 4 atom stereocenters. The second-order valence-electron chi connectivity index (χ2n) is 6.71. The number of nitrogens with two attached hydrogens (primary N) is 1. The molecule has 0 saturated carbocycles. The Kier molecular flexibility index (Phi) is 8.82. The maximum absolute atomic E-state index is 12.4. The van der Waals surface area contributed by atoms with E-state index < -0.39 is 35.9 Å². The molecule has 0 aliphatic rings. The van der Waals surface area contributed by atoms with Crippen LogP contribution in [0.5, 0.6) is 0 Å². The van der Waals surface area contributed by atoms with E-state index in [2.05, 4.69) is 10.6 Å². The number of carboxylic acid groups (broad SMARTS) is 1. The molecule has 23 heavy (non-hydrogen) atoms. The first kappa shape index (κ1) is 21.4. The van der Waals surface area contributed by atoms with Gasteiger partial charge in [0, 0.05) is 0 Å². The van der Waals surface area contributed by atoms with E-state index in [0.29, 0.717) is 0 Å². The second-order valence-corrected chi connectivity index (χ2v) is 6.71. The lowest BCUT2D eigenvalue weighted by molar-refractivity contribution is -0.143. The maximum atomic E-state index is 12.4. The topological polar surface area (TPSA) is 122 Å². The molecule has 5 N–H and O–H groups in total. The SMILES string of the molecule is CC[C@H](C)[C@H](N)C(=O)N[C@H](C(=O)N[C@H](C(=O)O)C(C)C)C(C)C. The van der Waals surface area contributed by atoms with Crippen molar-refractivity contribution in [1.29, 1.82) is 0 Å². The van der Waals surface area contributed by atoms with E-state index in [1.54, 1.807) is 27.7 Å². The van der Waals surface area contributed by atoms with Crippen LogP contribution in [-0.2, 0) is 14.4 Å². The molecule has 0 rings (SSSR count). The average Bonchev–Trinajstić information content (AvgIpc) is 2.46. The number of amides is 2. The molecule has 0 radical (unpaired) electrons. The molecule has 0 spiro atoms. The van der Waals surface area contributed by atoms with Crippen molar-refractivity contribution >= 4 is 17.8 Å². The predicted molar refractivity (Wildman–Crippen MR) is 88.6 cm³/mol. The van der Waals surface area contributed by atoms with Gasteiger partial charge in [0.2, 0.25) is 11.8 Å². The van der Waals surface area contributed by atoms with Crippen LogP contribution >= 0.6 is 0 Å². The van der Waals surface area contributed by atoms with Gasteiger partial charge in [-0.2, -0.15) is 0 Å². The van der Waals surface area contributed by atoms with Crippen molar-refractivity contribution in [3.63, 3.8) is 0 Å². The fourth-order valence-corrected chi connectivity index (χ4v) is 2.05. The Labute approximate surface area is 138 Å². The van der Waals surface area contributed by atoms with Crippen LogP contribution in [0.25, 0.3) is 0 Å². The maximum Gasteiger partial charge on any atom is 0.326 e. The molecule has 0 aromatic rings. The van der Waals surface area contributed by atoms with E-state index >= 15 is 0 Å². The minimum absolute atomic E-state index is 0.00620. The average molecular weight is 329 g/mol. The van der Waals surface area contributed by atoms with Gasteiger partial charge in [-0.1, -0.05) is 48.0 Å². The van der Waals surface area contributed by atoms with Crippen molar-refractivity contribution in [2.24, 2.45) is 23.5 Å². The third-order valence-corrected chi connectivity index (χ3v) is 4.04. The normalized spacial score (nSPS) is 16.6. The lowest BCUT2D eigenvalue weighted by Crippen LogP contribution is -2.57. The van der Waals surface area contributed by atoms with Crippen LogP contribution in [0.3, 0.4) is 0 Å². The summed E-state index contributed by atoms with van der Waals surface area (Å²) < 4.78 is 0. The first-order valence-electron chi connectivity index (χ1n) is 8.11. The molecule has 0 aliphatic carbocycles. The van der Waals surface area contributed by atoms with Crippen molar-refractivity contribution in [1.82, 2.24) is 10.6 Å². The molecule has 0 aliphatic heterocycles. The Morgan fingerprint density at radius 3 is 1.70 bits per heavy atom. The Balaban J connectivity index is 5.01. The van der Waals surface area contributed by atoms with Crippen LogP contribution in [0.4, 0.5) is 0 Å². The van der Waals surface area contributed by atoms with Crippen molar-refractivity contribution in [3.8, 4) is 0 Å². The summed E-state index contributed by atoms with van der Waals surface area (Å²) in [6, 6.07) is -2.52. The lowest BCUT2D eigenvalue weighted by atomic mass is 9.97. The Morgan fingerprint density at radius 1 is 0.913 bits per heavy atom. The first-order chi connectivity index (χ1) is 10.5. The summed E-state index contributed by atoms with van der Waals surface area (Å²) in [5.41, 5.74) is 5.88. The Bertz CT molecular complexity index is 424. The van der Waals surface area contributed by atoms with E-state index in [1.807, 2.05) is 13.8 Å². The summed E-state index contributed by atoms with van der Waals surface area (Å²) in [5.74, 6) is -2.46. The molecule has 0 bridgehead atoms. The van der Waals surface area contributed by atoms with Gasteiger partial charge < -0.3 is 21.5 Å². The number of nitrogens with one attached hydrogen (secondary N) is 2. The van der Waals surface area contributed by atoms with Crippen LogP contribution in [0.1, 0.15) is 48.0 Å². The molecule has 0 aromatic carbocycles. The van der Waals surface area contributed by atoms with Crippen LogP contribution in [0.15, 0.2) is 0 Å². The molecule has 0 saturated heterocycles. The van der Waals surface area contributed by atoms with E-state index in [0.717, 1.165) is 6.42 Å². The summed E-state index contributed by atoms with van der Waals surface area (Å²) in [4.78, 5) is 35.8. The molecule has 0 fully saturated rings. The van der Waals surface area contributed by atoms with E-state index in [1.165, 1.54) is 0 Å². The fourth-order valence-electron chi connectivity index (χ4n) is 2.05. The predicted octanol–water partition coefficient (Wildman–Crippen LogP) is 0.726. The molecule has 7 heteroatoms. The van der Waals surface area contributed by atoms with E-state index in [4.69, 9.17) is 10.8 Å². The zero-order valence-electron chi connectivity index (χ0n) is 14.9. The molecule has 0 heterocycles. The second kappa shape index (κ2) is 9.50. The molecule has 0 unspecified atom stereocenters. The van der Waals surface area contributed by atoms with Gasteiger partial charge in [-0.05, 0) is 17.8 Å². The van der Waals surface area contributed by atoms with Gasteiger partial charge in [0.25, 0.3) is 0 Å². The minimum atomic E-state index is -1.10. The molecule has 0 aromatic heterocycles. The van der Waals surface area contributed by atoms with E-state index in [-0.39, 0.29) is 17.8 Å². The van der Waals surface area contributed by atoms with Crippen molar-refractivity contribution < 1.29 is 19.5 Å². The third kappa shape index (κ3) is 6.56. The molecule has 7 nitrogen and oxygen atoms in total. The number of aliphatic carboxylic acids is 1. The van der Waals surface area contributed by atoms with Crippen LogP contribution in [0.2, 0.25) is 0 Å². The standard InChI is InChI=1S/C16H31N3O4/c1-7-10(6)11(17)14(20)18-12(8(2)3)15(21)19-13(9(4)5)16(22)23/h8-13H,7,17H2,1-6H3,(H,18,20)(H,19,21)(H,22,23)/t10-,11-,12-,13-/m0/s1. The monoisotopic (exact) mass is 329 g/mol. The zero-order chi connectivity index (χ0) is 18.3. The van der Waals surface area contributed by atoms with Gasteiger partial charge in [-0.3, -0.25) is 9.59 Å². The van der Waals surface area contributed by atoms with Crippen molar-refractivity contribution in [2.45, 2.75) is 66.1 Å². The largest absolute Gasteiger partial charge is 0.480 e. The van der Waals surface area contributed by atoms with Crippen molar-refractivity contribution in [2.75, 3.05) is 0 Å². The highest BCUT2D eigenvalue weighted by atomic mass is 16.4. The number of carbonyl (C=O) groups excluding carboxylic acids is 2. The van der Waals surface area contributed by atoms with E-state index in [9.17, 15) is 14.4 Å². The van der Waals surface area contributed by atoms with Gasteiger partial charge in [-0.15, -0.1) is 0 Å². The number of hydrogen-bond donors (Lipinski definition) is 4. The first-order valence-corrected chi connectivity index (χ1v) is 8.11. The fraction of sp³-hybridized carbons (Fsp3) is 0.812. The van der Waals surface area contributed by atoms with Crippen molar-refractivity contribution in [3.05, 3.63) is 0 Å². The number of carboxylic acids is 1. The quantitative estimate of drug-likeness (QED) is 0.497. The summed E-state index contributed by atoms with van der Waals surface area (Å²) in [6.07, 6.45) is 0.752. The van der Waals surface area contributed by atoms with Crippen LogP contribution < -0.4 is 16.4 Å². The highest BCUT2D eigenvalue weighted by Crippen LogP contribution is 2.09. The summed E-state index contributed by atoms with van der Waals surface area (Å²) >= 11 is 0. The smallest absolute Gasteiger partial charge is 0.326 e. The minimum Gasteiger partial charge on any atom is -0.480 e. The number of hydrogen-bond acceptors (Lipinski definition) is 4. The zero-order valence-corrected chi connectivity index (χ0v) is 14.9. The summed E-state index contributed by atoms with van der Waals surface area (Å²) in [7, 11) is 0. The van der Waals surface area contributed by atoms with Gasteiger partial charge in [0.05, 0.1) is 6.04 Å². The summed E-state index contributed by atoms with van der Waals surface area (Å²) in [5, 5.41) is 14.3. The summed E-state index contributed by atoms with van der Waals surface area (Å²) in [6.45, 7) is 10.8. The van der Waals surface area contributed by atoms with Gasteiger partial charge in [0.15, 0.2) is 0 Å².